The summed E-state index contributed by atoms with van der Waals surface area (Å²) in [7, 11) is 1.55. The van der Waals surface area contributed by atoms with Crippen molar-refractivity contribution in [2.45, 2.75) is 13.5 Å². The van der Waals surface area contributed by atoms with E-state index in [0.29, 0.717) is 11.5 Å². The minimum absolute atomic E-state index is 0.0909. The lowest BCUT2D eigenvalue weighted by Crippen LogP contribution is -2.27. The lowest BCUT2D eigenvalue weighted by Gasteiger charge is -2.16. The number of hydrogen-bond donors (Lipinski definition) is 0. The molecule has 1 amide bonds. The molecule has 0 radical (unpaired) electrons. The average Bonchev–Trinajstić information content (AvgIpc) is 2.74. The largest absolute Gasteiger partial charge is 0.361 e. The van der Waals surface area contributed by atoms with Crippen LogP contribution < -0.4 is 0 Å². The summed E-state index contributed by atoms with van der Waals surface area (Å²) in [5.74, 6) is -0.482. The Morgan fingerprint density at radius 2 is 2.26 bits per heavy atom. The fourth-order valence-corrected chi connectivity index (χ4v) is 1.94. The highest BCUT2D eigenvalue weighted by Gasteiger charge is 2.20. The Balaban J connectivity index is 2.19. The lowest BCUT2D eigenvalue weighted by molar-refractivity contribution is 0.0777. The number of amides is 1. The normalized spacial score (nSPS) is 10.5. The van der Waals surface area contributed by atoms with E-state index in [9.17, 15) is 9.18 Å². The molecule has 1 heterocycles. The summed E-state index contributed by atoms with van der Waals surface area (Å²) >= 11 is 5.85. The first-order chi connectivity index (χ1) is 8.99. The van der Waals surface area contributed by atoms with E-state index in [1.165, 1.54) is 23.1 Å². The fourth-order valence-electron chi connectivity index (χ4n) is 1.70. The van der Waals surface area contributed by atoms with Gasteiger partial charge in [-0.1, -0.05) is 22.8 Å². The highest BCUT2D eigenvalue weighted by atomic mass is 35.5. The van der Waals surface area contributed by atoms with Crippen molar-refractivity contribution in [1.29, 1.82) is 0 Å². The zero-order chi connectivity index (χ0) is 14.0. The van der Waals surface area contributed by atoms with Crippen molar-refractivity contribution in [2.24, 2.45) is 0 Å². The quantitative estimate of drug-likeness (QED) is 0.869. The average molecular weight is 283 g/mol. The van der Waals surface area contributed by atoms with Crippen molar-refractivity contribution in [1.82, 2.24) is 10.1 Å². The van der Waals surface area contributed by atoms with Gasteiger partial charge in [-0.15, -0.1) is 0 Å². The molecule has 1 aromatic heterocycles. The van der Waals surface area contributed by atoms with Crippen LogP contribution in [0, 0.1) is 12.7 Å². The third-order valence-corrected chi connectivity index (χ3v) is 2.91. The van der Waals surface area contributed by atoms with Crippen molar-refractivity contribution in [3.05, 3.63) is 52.1 Å². The van der Waals surface area contributed by atoms with Crippen LogP contribution in [-0.4, -0.2) is 23.0 Å². The molecule has 4 nitrogen and oxygen atoms in total. The molecule has 2 aromatic rings. The van der Waals surface area contributed by atoms with Crippen LogP contribution in [-0.2, 0) is 6.54 Å². The number of rotatable bonds is 3. The second kappa shape index (κ2) is 5.40. The number of carbonyl (C=O) groups excluding carboxylic acids is 1. The van der Waals surface area contributed by atoms with Gasteiger partial charge in [-0.05, 0) is 19.1 Å². The molecule has 1 aromatic carbocycles. The van der Waals surface area contributed by atoms with Gasteiger partial charge >= 0.3 is 0 Å². The maximum atomic E-state index is 13.6. The summed E-state index contributed by atoms with van der Waals surface area (Å²) < 4.78 is 18.5. The molecule has 0 saturated heterocycles. The van der Waals surface area contributed by atoms with Crippen molar-refractivity contribution in [3.8, 4) is 0 Å². The maximum absolute atomic E-state index is 13.6. The second-order valence-corrected chi connectivity index (χ2v) is 4.59. The lowest BCUT2D eigenvalue weighted by atomic mass is 10.2. The molecule has 0 atom stereocenters. The van der Waals surface area contributed by atoms with E-state index in [2.05, 4.69) is 5.16 Å². The van der Waals surface area contributed by atoms with Gasteiger partial charge in [-0.25, -0.2) is 4.39 Å². The first kappa shape index (κ1) is 13.5. The van der Waals surface area contributed by atoms with Gasteiger partial charge in [0.2, 0.25) is 0 Å². The number of halogens is 2. The Hall–Kier alpha value is -1.88. The summed E-state index contributed by atoms with van der Waals surface area (Å²) in [5.41, 5.74) is 0.465. The van der Waals surface area contributed by atoms with Gasteiger partial charge in [0.25, 0.3) is 5.91 Å². The number of aromatic nitrogens is 1. The van der Waals surface area contributed by atoms with E-state index < -0.39 is 11.7 Å². The third-order valence-electron chi connectivity index (χ3n) is 2.60. The molecule has 6 heteroatoms. The number of carbonyl (C=O) groups is 1. The van der Waals surface area contributed by atoms with Crippen LogP contribution in [0.5, 0.6) is 0 Å². The maximum Gasteiger partial charge on any atom is 0.258 e. The smallest absolute Gasteiger partial charge is 0.258 e. The van der Waals surface area contributed by atoms with E-state index in [0.717, 1.165) is 0 Å². The van der Waals surface area contributed by atoms with E-state index in [1.54, 1.807) is 20.0 Å². The van der Waals surface area contributed by atoms with Crippen molar-refractivity contribution < 1.29 is 13.7 Å². The zero-order valence-electron chi connectivity index (χ0n) is 10.5. The first-order valence-corrected chi connectivity index (χ1v) is 5.98. The van der Waals surface area contributed by atoms with Gasteiger partial charge in [0.05, 0.1) is 17.1 Å². The minimum Gasteiger partial charge on any atom is -0.361 e. The molecule has 0 N–H and O–H groups in total. The van der Waals surface area contributed by atoms with Crippen LogP contribution in [0.4, 0.5) is 4.39 Å². The first-order valence-electron chi connectivity index (χ1n) is 5.60. The summed E-state index contributed by atoms with van der Waals surface area (Å²) in [6.45, 7) is 1.98. The van der Waals surface area contributed by atoms with E-state index in [4.69, 9.17) is 16.1 Å². The Labute approximate surface area is 114 Å². The molecule has 0 fully saturated rings. The highest BCUT2D eigenvalue weighted by molar-refractivity contribution is 6.33. The summed E-state index contributed by atoms with van der Waals surface area (Å²) in [5, 5.41) is 3.87. The Bertz CT molecular complexity index is 592. The molecule has 0 aliphatic heterocycles. The van der Waals surface area contributed by atoms with Crippen LogP contribution in [0.1, 0.15) is 21.8 Å². The molecule has 2 rings (SSSR count). The Morgan fingerprint density at radius 1 is 1.53 bits per heavy atom. The predicted octanol–water partition coefficient (Wildman–Crippen LogP) is 3.05. The third kappa shape index (κ3) is 2.93. The van der Waals surface area contributed by atoms with Crippen LogP contribution in [0.15, 0.2) is 28.8 Å². The van der Waals surface area contributed by atoms with E-state index in [1.807, 2.05) is 0 Å². The van der Waals surface area contributed by atoms with Gasteiger partial charge in [-0.2, -0.15) is 0 Å². The van der Waals surface area contributed by atoms with Crippen molar-refractivity contribution in [3.63, 3.8) is 0 Å². The van der Waals surface area contributed by atoms with E-state index in [-0.39, 0.29) is 17.1 Å². The molecule has 0 aliphatic carbocycles. The van der Waals surface area contributed by atoms with Crippen LogP contribution in [0.3, 0.4) is 0 Å². The molecule has 100 valence electrons. The summed E-state index contributed by atoms with van der Waals surface area (Å²) in [6, 6.07) is 5.85. The predicted molar refractivity (Wildman–Crippen MR) is 68.4 cm³/mol. The number of benzene rings is 1. The molecule has 0 spiro atoms. The topological polar surface area (TPSA) is 46.3 Å². The van der Waals surface area contributed by atoms with Gasteiger partial charge < -0.3 is 9.42 Å². The zero-order valence-corrected chi connectivity index (χ0v) is 11.2. The number of aryl methyl sites for hydroxylation is 1. The highest BCUT2D eigenvalue weighted by Crippen LogP contribution is 2.21. The molecule has 0 aliphatic rings. The summed E-state index contributed by atoms with van der Waals surface area (Å²) in [6.07, 6.45) is 0. The second-order valence-electron chi connectivity index (χ2n) is 4.19. The van der Waals surface area contributed by atoms with Crippen molar-refractivity contribution in [2.75, 3.05) is 7.05 Å². The van der Waals surface area contributed by atoms with Gasteiger partial charge in [0.1, 0.15) is 17.3 Å². The molecule has 0 saturated carbocycles. The van der Waals surface area contributed by atoms with E-state index >= 15 is 0 Å². The van der Waals surface area contributed by atoms with Gasteiger partial charge in [0, 0.05) is 13.1 Å². The Morgan fingerprint density at radius 3 is 2.84 bits per heavy atom. The van der Waals surface area contributed by atoms with Gasteiger partial charge in [0.15, 0.2) is 0 Å². The molecule has 19 heavy (non-hydrogen) atoms. The number of hydrogen-bond acceptors (Lipinski definition) is 3. The standard InChI is InChI=1S/C13H12ClFN2O2/c1-8-6-9(16-19-8)7-17(2)13(18)12-10(14)4-3-5-11(12)15/h3-6H,7H2,1-2H3. The summed E-state index contributed by atoms with van der Waals surface area (Å²) in [4.78, 5) is 13.5. The Kier molecular flexibility index (Phi) is 3.85. The van der Waals surface area contributed by atoms with Gasteiger partial charge in [-0.3, -0.25) is 4.79 Å². The molecular weight excluding hydrogens is 271 g/mol. The number of nitrogens with zero attached hydrogens (tertiary/aromatic N) is 2. The minimum atomic E-state index is -0.638. The SMILES string of the molecule is Cc1cc(CN(C)C(=O)c2c(F)cccc2Cl)no1. The fraction of sp³-hybridized carbons (Fsp3) is 0.231. The monoisotopic (exact) mass is 282 g/mol. The molecule has 0 bridgehead atoms. The molecular formula is C13H12ClFN2O2. The van der Waals surface area contributed by atoms with Crippen molar-refractivity contribution >= 4 is 17.5 Å². The van der Waals surface area contributed by atoms with Crippen LogP contribution in [0.25, 0.3) is 0 Å². The van der Waals surface area contributed by atoms with Crippen LogP contribution in [0.2, 0.25) is 5.02 Å². The molecule has 0 unspecified atom stereocenters. The van der Waals surface area contributed by atoms with Crippen LogP contribution >= 0.6 is 11.6 Å².